The molecule has 0 aliphatic rings. The maximum Gasteiger partial charge on any atom is 0.178 e. The van der Waals surface area contributed by atoms with E-state index >= 15 is 0 Å². The molecule has 1 rings (SSSR count). The highest BCUT2D eigenvalue weighted by atomic mass is 16.1. The minimum absolute atomic E-state index is 0.116. The average Bonchev–Trinajstić information content (AvgIpc) is 2.03. The summed E-state index contributed by atoms with van der Waals surface area (Å²) < 4.78 is 0. The summed E-state index contributed by atoms with van der Waals surface area (Å²) in [5.74, 6) is -0.116. The van der Waals surface area contributed by atoms with Crippen LogP contribution in [0.4, 0.5) is 0 Å². The normalized spacial score (nSPS) is 9.08. The number of pyridine rings is 1. The second-order valence-corrected chi connectivity index (χ2v) is 2.55. The molecular weight excluding hydrogens is 152 g/mol. The van der Waals surface area contributed by atoms with Gasteiger partial charge in [-0.3, -0.25) is 4.79 Å². The molecule has 0 amide bonds. The van der Waals surface area contributed by atoms with Gasteiger partial charge in [-0.2, -0.15) is 5.26 Å². The first-order chi connectivity index (χ1) is 5.63. The molecule has 0 saturated carbocycles. The van der Waals surface area contributed by atoms with Crippen molar-refractivity contribution in [2.45, 2.75) is 13.8 Å². The Bertz CT molecular complexity index is 363. The molecule has 0 atom stereocenters. The fraction of sp³-hybridized carbons (Fsp3) is 0.222. The zero-order valence-corrected chi connectivity index (χ0v) is 6.96. The smallest absolute Gasteiger partial charge is 0.178 e. The summed E-state index contributed by atoms with van der Waals surface area (Å²) in [5, 5.41) is 8.58. The molecular formula is C9H8N2O. The van der Waals surface area contributed by atoms with Gasteiger partial charge in [-0.15, -0.1) is 0 Å². The second kappa shape index (κ2) is 3.14. The fourth-order valence-corrected chi connectivity index (χ4v) is 0.913. The number of carbonyl (C=O) groups excluding carboxylic acids is 1. The van der Waals surface area contributed by atoms with Gasteiger partial charge in [-0.1, -0.05) is 0 Å². The monoisotopic (exact) mass is 160 g/mol. The van der Waals surface area contributed by atoms with Crippen LogP contribution in [0.25, 0.3) is 0 Å². The molecule has 1 aromatic rings. The number of rotatable bonds is 1. The minimum atomic E-state index is -0.116. The maximum absolute atomic E-state index is 10.9. The number of aromatic nitrogens is 1. The highest BCUT2D eigenvalue weighted by molar-refractivity contribution is 5.92. The summed E-state index contributed by atoms with van der Waals surface area (Å²) in [5.41, 5.74) is 1.53. The lowest BCUT2D eigenvalue weighted by atomic mass is 10.2. The number of hydrogen-bond donors (Lipinski definition) is 0. The van der Waals surface area contributed by atoms with Crippen molar-refractivity contribution >= 4 is 5.78 Å². The Morgan fingerprint density at radius 2 is 2.25 bits per heavy atom. The van der Waals surface area contributed by atoms with Gasteiger partial charge in [0.2, 0.25) is 0 Å². The SMILES string of the molecule is CC(=O)c1cc(C#N)cc(C)n1. The molecule has 1 aromatic heterocycles. The van der Waals surface area contributed by atoms with Gasteiger partial charge in [0, 0.05) is 12.6 Å². The molecule has 1 heterocycles. The first-order valence-corrected chi connectivity index (χ1v) is 3.53. The first-order valence-electron chi connectivity index (χ1n) is 3.53. The molecule has 0 aliphatic carbocycles. The Kier molecular flexibility index (Phi) is 2.20. The third-order valence-corrected chi connectivity index (χ3v) is 1.44. The third kappa shape index (κ3) is 1.67. The van der Waals surface area contributed by atoms with Crippen molar-refractivity contribution in [2.24, 2.45) is 0 Å². The Labute approximate surface area is 70.7 Å². The van der Waals surface area contributed by atoms with Gasteiger partial charge in [0.05, 0.1) is 11.6 Å². The third-order valence-electron chi connectivity index (χ3n) is 1.44. The summed E-state index contributed by atoms with van der Waals surface area (Å²) >= 11 is 0. The number of ketones is 1. The zero-order chi connectivity index (χ0) is 9.14. The van der Waals surface area contributed by atoms with Crippen LogP contribution in [-0.4, -0.2) is 10.8 Å². The van der Waals surface area contributed by atoms with E-state index in [4.69, 9.17) is 5.26 Å². The van der Waals surface area contributed by atoms with E-state index in [0.717, 1.165) is 0 Å². The first kappa shape index (κ1) is 8.41. The Morgan fingerprint density at radius 3 is 2.75 bits per heavy atom. The summed E-state index contributed by atoms with van der Waals surface area (Å²) in [6.45, 7) is 3.19. The summed E-state index contributed by atoms with van der Waals surface area (Å²) in [6.07, 6.45) is 0. The summed E-state index contributed by atoms with van der Waals surface area (Å²) in [7, 11) is 0. The number of aryl methyl sites for hydroxylation is 1. The minimum Gasteiger partial charge on any atom is -0.293 e. The van der Waals surface area contributed by atoms with Crippen LogP contribution >= 0.6 is 0 Å². The molecule has 0 saturated heterocycles. The predicted octanol–water partition coefficient (Wildman–Crippen LogP) is 1.46. The van der Waals surface area contributed by atoms with Gasteiger partial charge >= 0.3 is 0 Å². The molecule has 0 aromatic carbocycles. The van der Waals surface area contributed by atoms with E-state index < -0.39 is 0 Å². The van der Waals surface area contributed by atoms with Crippen molar-refractivity contribution in [3.8, 4) is 6.07 Å². The Hall–Kier alpha value is -1.69. The van der Waals surface area contributed by atoms with Gasteiger partial charge in [-0.25, -0.2) is 4.98 Å². The largest absolute Gasteiger partial charge is 0.293 e. The van der Waals surface area contributed by atoms with Crippen molar-refractivity contribution < 1.29 is 4.79 Å². The van der Waals surface area contributed by atoms with Crippen molar-refractivity contribution in [1.82, 2.24) is 4.98 Å². The van der Waals surface area contributed by atoms with Crippen molar-refractivity contribution in [1.29, 1.82) is 5.26 Å². The number of hydrogen-bond acceptors (Lipinski definition) is 3. The van der Waals surface area contributed by atoms with Crippen LogP contribution in [0.3, 0.4) is 0 Å². The topological polar surface area (TPSA) is 53.8 Å². The molecule has 0 bridgehead atoms. The van der Waals surface area contributed by atoms with E-state index in [2.05, 4.69) is 4.98 Å². The predicted molar refractivity (Wildman–Crippen MR) is 43.7 cm³/mol. The van der Waals surface area contributed by atoms with Gasteiger partial charge in [0.15, 0.2) is 5.78 Å². The van der Waals surface area contributed by atoms with Gasteiger partial charge < -0.3 is 0 Å². The van der Waals surface area contributed by atoms with E-state index in [1.165, 1.54) is 13.0 Å². The van der Waals surface area contributed by atoms with Crippen LogP contribution < -0.4 is 0 Å². The van der Waals surface area contributed by atoms with E-state index in [-0.39, 0.29) is 5.78 Å². The number of Topliss-reactive ketones (excluding diaryl/α,β-unsaturated/α-hetero) is 1. The van der Waals surface area contributed by atoms with E-state index in [1.54, 1.807) is 13.0 Å². The van der Waals surface area contributed by atoms with Crippen LogP contribution in [0.5, 0.6) is 0 Å². The fourth-order valence-electron chi connectivity index (χ4n) is 0.913. The van der Waals surface area contributed by atoms with E-state index in [9.17, 15) is 4.79 Å². The molecule has 3 nitrogen and oxygen atoms in total. The van der Waals surface area contributed by atoms with Crippen molar-refractivity contribution in [3.63, 3.8) is 0 Å². The molecule has 12 heavy (non-hydrogen) atoms. The van der Waals surface area contributed by atoms with Crippen LogP contribution in [0.15, 0.2) is 12.1 Å². The molecule has 60 valence electrons. The number of nitrogens with zero attached hydrogens (tertiary/aromatic N) is 2. The molecule has 0 spiro atoms. The number of carbonyl (C=O) groups is 1. The molecule has 3 heteroatoms. The van der Waals surface area contributed by atoms with Gasteiger partial charge in [-0.05, 0) is 19.1 Å². The lowest BCUT2D eigenvalue weighted by molar-refractivity contribution is 0.101. The highest BCUT2D eigenvalue weighted by Crippen LogP contribution is 2.04. The number of nitriles is 1. The van der Waals surface area contributed by atoms with Crippen LogP contribution in [-0.2, 0) is 0 Å². The van der Waals surface area contributed by atoms with Crippen LogP contribution in [0.2, 0.25) is 0 Å². The summed E-state index contributed by atoms with van der Waals surface area (Å²) in [6, 6.07) is 5.11. The van der Waals surface area contributed by atoms with Crippen molar-refractivity contribution in [3.05, 3.63) is 29.1 Å². The quantitative estimate of drug-likeness (QED) is 0.584. The van der Waals surface area contributed by atoms with Crippen molar-refractivity contribution in [2.75, 3.05) is 0 Å². The van der Waals surface area contributed by atoms with E-state index in [0.29, 0.717) is 17.0 Å². The maximum atomic E-state index is 10.9. The standard InChI is InChI=1S/C9H8N2O/c1-6-3-8(5-10)4-9(11-6)7(2)12/h3-4H,1-2H3. The van der Waals surface area contributed by atoms with Gasteiger partial charge in [0.1, 0.15) is 5.69 Å². The van der Waals surface area contributed by atoms with Crippen LogP contribution in [0.1, 0.15) is 28.7 Å². The lowest BCUT2D eigenvalue weighted by Gasteiger charge is -1.97. The van der Waals surface area contributed by atoms with Gasteiger partial charge in [0.25, 0.3) is 0 Å². The van der Waals surface area contributed by atoms with Crippen LogP contribution in [0, 0.1) is 18.3 Å². The second-order valence-electron chi connectivity index (χ2n) is 2.55. The molecule has 0 unspecified atom stereocenters. The Morgan fingerprint density at radius 1 is 1.58 bits per heavy atom. The zero-order valence-electron chi connectivity index (χ0n) is 6.96. The summed E-state index contributed by atoms with van der Waals surface area (Å²) in [4.78, 5) is 14.9. The lowest BCUT2D eigenvalue weighted by Crippen LogP contribution is -1.98. The molecule has 0 aliphatic heterocycles. The Balaban J connectivity index is 3.26. The van der Waals surface area contributed by atoms with E-state index in [1.807, 2.05) is 6.07 Å². The average molecular weight is 160 g/mol. The molecule has 0 fully saturated rings. The molecule has 0 radical (unpaired) electrons. The highest BCUT2D eigenvalue weighted by Gasteiger charge is 2.03. The molecule has 0 N–H and O–H groups in total.